The minimum Gasteiger partial charge on any atom is -0.320 e. The van der Waals surface area contributed by atoms with Crippen molar-refractivity contribution < 1.29 is 0 Å². The second-order valence-corrected chi connectivity index (χ2v) is 6.35. The molecule has 17 heavy (non-hydrogen) atoms. The highest BCUT2D eigenvalue weighted by Crippen LogP contribution is 2.24. The lowest BCUT2D eigenvalue weighted by atomic mass is 10.2. The first-order chi connectivity index (χ1) is 8.31. The van der Waals surface area contributed by atoms with Crippen LogP contribution in [0.25, 0.3) is 0 Å². The van der Waals surface area contributed by atoms with E-state index in [2.05, 4.69) is 47.0 Å². The Bertz CT molecular complexity index is 411. The third-order valence-corrected chi connectivity index (χ3v) is 5.04. The summed E-state index contributed by atoms with van der Waals surface area (Å²) in [5, 5.41) is 2.12. The van der Waals surface area contributed by atoms with Crippen molar-refractivity contribution in [2.24, 2.45) is 5.73 Å². The van der Waals surface area contributed by atoms with Crippen LogP contribution >= 0.6 is 23.1 Å². The fraction of sp³-hybridized carbons (Fsp3) is 0.538. The molecule has 2 N–H and O–H groups in total. The number of thioether (sulfide) groups is 1. The van der Waals surface area contributed by atoms with Crippen molar-refractivity contribution in [1.82, 2.24) is 4.90 Å². The van der Waals surface area contributed by atoms with E-state index in [-0.39, 0.29) is 0 Å². The van der Waals surface area contributed by atoms with Gasteiger partial charge in [0.05, 0.1) is 6.54 Å². The molecule has 1 atom stereocenters. The van der Waals surface area contributed by atoms with Crippen molar-refractivity contribution in [2.75, 3.05) is 25.1 Å². The highest BCUT2D eigenvalue weighted by molar-refractivity contribution is 7.99. The zero-order valence-electron chi connectivity index (χ0n) is 10.1. The quantitative estimate of drug-likeness (QED) is 0.849. The van der Waals surface area contributed by atoms with Crippen molar-refractivity contribution in [2.45, 2.75) is 19.0 Å². The fourth-order valence-corrected chi connectivity index (χ4v) is 4.14. The number of thiophene rings is 1. The maximum Gasteiger partial charge on any atom is 0.0555 e. The molecule has 2 rings (SSSR count). The van der Waals surface area contributed by atoms with E-state index in [0.717, 1.165) is 18.2 Å². The number of hydrogen-bond acceptors (Lipinski definition) is 4. The second kappa shape index (κ2) is 6.46. The topological polar surface area (TPSA) is 29.3 Å². The van der Waals surface area contributed by atoms with Crippen LogP contribution in [-0.2, 0) is 6.54 Å². The first-order valence-electron chi connectivity index (χ1n) is 5.84. The van der Waals surface area contributed by atoms with Gasteiger partial charge in [-0.05, 0) is 30.7 Å². The summed E-state index contributed by atoms with van der Waals surface area (Å²) in [6.45, 7) is 1.45. The van der Waals surface area contributed by atoms with Gasteiger partial charge in [-0.2, -0.15) is 11.8 Å². The van der Waals surface area contributed by atoms with E-state index in [9.17, 15) is 0 Å². The van der Waals surface area contributed by atoms with Crippen molar-refractivity contribution >= 4 is 23.1 Å². The number of nitrogens with two attached hydrogens (primary N) is 1. The Morgan fingerprint density at radius 2 is 2.47 bits per heavy atom. The summed E-state index contributed by atoms with van der Waals surface area (Å²) in [6.07, 6.45) is 1.32. The standard InChI is InChI=1S/C13H18N2S2/c1-15(12-5-7-16-10-12)9-13-11(3-2-6-14)4-8-17-13/h4,8,12H,5-7,9-10,14H2,1H3. The van der Waals surface area contributed by atoms with Gasteiger partial charge in [0.25, 0.3) is 0 Å². The number of hydrogen-bond donors (Lipinski definition) is 1. The average molecular weight is 266 g/mol. The normalized spacial score (nSPS) is 19.4. The van der Waals surface area contributed by atoms with E-state index in [0.29, 0.717) is 6.54 Å². The summed E-state index contributed by atoms with van der Waals surface area (Å²) >= 11 is 3.85. The Hall–Kier alpha value is -0.470. The van der Waals surface area contributed by atoms with Crippen LogP contribution in [0.5, 0.6) is 0 Å². The van der Waals surface area contributed by atoms with Crippen LogP contribution in [0.15, 0.2) is 11.4 Å². The van der Waals surface area contributed by atoms with Crippen molar-refractivity contribution in [3.63, 3.8) is 0 Å². The Balaban J connectivity index is 2.00. The van der Waals surface area contributed by atoms with Crippen LogP contribution in [-0.4, -0.2) is 36.0 Å². The summed E-state index contributed by atoms with van der Waals surface area (Å²) in [7, 11) is 2.22. The van der Waals surface area contributed by atoms with Crippen molar-refractivity contribution in [3.8, 4) is 11.8 Å². The van der Waals surface area contributed by atoms with Gasteiger partial charge in [0.2, 0.25) is 0 Å². The molecule has 2 nitrogen and oxygen atoms in total. The molecule has 0 bridgehead atoms. The molecule has 1 aromatic rings. The molecule has 0 aliphatic carbocycles. The highest BCUT2D eigenvalue weighted by atomic mass is 32.2. The largest absolute Gasteiger partial charge is 0.320 e. The monoisotopic (exact) mass is 266 g/mol. The van der Waals surface area contributed by atoms with Crippen LogP contribution in [0.1, 0.15) is 16.9 Å². The zero-order valence-corrected chi connectivity index (χ0v) is 11.7. The first-order valence-corrected chi connectivity index (χ1v) is 7.88. The maximum absolute atomic E-state index is 5.41. The van der Waals surface area contributed by atoms with E-state index in [1.54, 1.807) is 11.3 Å². The Kier molecular flexibility index (Phi) is 4.93. The molecule has 2 heterocycles. The fourth-order valence-electron chi connectivity index (χ4n) is 1.95. The van der Waals surface area contributed by atoms with Crippen LogP contribution in [0, 0.1) is 11.8 Å². The summed E-state index contributed by atoms with van der Waals surface area (Å²) < 4.78 is 0. The zero-order chi connectivity index (χ0) is 12.1. The molecular formula is C13H18N2S2. The predicted molar refractivity (Wildman–Crippen MR) is 77.4 cm³/mol. The lowest BCUT2D eigenvalue weighted by Gasteiger charge is -2.22. The predicted octanol–water partition coefficient (Wildman–Crippen LogP) is 2.00. The van der Waals surface area contributed by atoms with Gasteiger partial charge in [-0.3, -0.25) is 4.90 Å². The van der Waals surface area contributed by atoms with Crippen LogP contribution in [0.2, 0.25) is 0 Å². The lowest BCUT2D eigenvalue weighted by Crippen LogP contribution is -2.30. The van der Waals surface area contributed by atoms with Crippen molar-refractivity contribution in [1.29, 1.82) is 0 Å². The first kappa shape index (κ1) is 13.0. The molecule has 92 valence electrons. The van der Waals surface area contributed by atoms with E-state index < -0.39 is 0 Å². The number of rotatable bonds is 3. The van der Waals surface area contributed by atoms with Crippen molar-refractivity contribution in [3.05, 3.63) is 21.9 Å². The highest BCUT2D eigenvalue weighted by Gasteiger charge is 2.20. The van der Waals surface area contributed by atoms with Gasteiger partial charge < -0.3 is 5.73 Å². The Labute approximate surface area is 112 Å². The van der Waals surface area contributed by atoms with E-state index in [1.807, 2.05) is 0 Å². The SMILES string of the molecule is CN(Cc1sccc1C#CCN)C1CCSC1. The van der Waals surface area contributed by atoms with Crippen LogP contribution < -0.4 is 5.73 Å². The molecule has 0 amide bonds. The minimum atomic E-state index is 0.435. The van der Waals surface area contributed by atoms with Gasteiger partial charge in [-0.25, -0.2) is 0 Å². The molecule has 0 spiro atoms. The van der Waals surface area contributed by atoms with Gasteiger partial charge in [-0.1, -0.05) is 11.8 Å². The van der Waals surface area contributed by atoms with Crippen LogP contribution in [0.4, 0.5) is 0 Å². The van der Waals surface area contributed by atoms with E-state index in [1.165, 1.54) is 22.8 Å². The van der Waals surface area contributed by atoms with Gasteiger partial charge in [-0.15, -0.1) is 11.3 Å². The summed E-state index contributed by atoms with van der Waals surface area (Å²) in [6, 6.07) is 2.83. The molecule has 1 unspecified atom stereocenters. The third-order valence-electron chi connectivity index (χ3n) is 2.99. The molecular weight excluding hydrogens is 248 g/mol. The molecule has 1 aromatic heterocycles. The Morgan fingerprint density at radius 1 is 1.59 bits per heavy atom. The van der Waals surface area contributed by atoms with E-state index in [4.69, 9.17) is 5.73 Å². The van der Waals surface area contributed by atoms with Gasteiger partial charge in [0.1, 0.15) is 0 Å². The minimum absolute atomic E-state index is 0.435. The third kappa shape index (κ3) is 3.49. The molecule has 0 radical (unpaired) electrons. The van der Waals surface area contributed by atoms with Gasteiger partial charge in [0, 0.05) is 28.8 Å². The number of nitrogens with zero attached hydrogens (tertiary/aromatic N) is 1. The molecule has 1 saturated heterocycles. The smallest absolute Gasteiger partial charge is 0.0555 e. The molecule has 1 fully saturated rings. The van der Waals surface area contributed by atoms with Gasteiger partial charge >= 0.3 is 0 Å². The molecule has 0 saturated carbocycles. The molecule has 1 aliphatic rings. The second-order valence-electron chi connectivity index (χ2n) is 4.20. The average Bonchev–Trinajstić information content (AvgIpc) is 2.97. The molecule has 0 aromatic carbocycles. The molecule has 4 heteroatoms. The summed E-state index contributed by atoms with van der Waals surface area (Å²) in [4.78, 5) is 3.82. The summed E-state index contributed by atoms with van der Waals surface area (Å²) in [5.74, 6) is 8.66. The maximum atomic E-state index is 5.41. The summed E-state index contributed by atoms with van der Waals surface area (Å²) in [5.41, 5.74) is 6.56. The van der Waals surface area contributed by atoms with E-state index >= 15 is 0 Å². The molecule has 1 aliphatic heterocycles. The lowest BCUT2D eigenvalue weighted by molar-refractivity contribution is 0.256. The van der Waals surface area contributed by atoms with Crippen LogP contribution in [0.3, 0.4) is 0 Å². The van der Waals surface area contributed by atoms with Gasteiger partial charge in [0.15, 0.2) is 0 Å². The Morgan fingerprint density at radius 3 is 3.18 bits per heavy atom.